The zero-order valence-electron chi connectivity index (χ0n) is 10.8. The summed E-state index contributed by atoms with van der Waals surface area (Å²) < 4.78 is 0. The Bertz CT molecular complexity index is 450. The summed E-state index contributed by atoms with van der Waals surface area (Å²) >= 11 is 0. The zero-order valence-corrected chi connectivity index (χ0v) is 10.8. The SMILES string of the molecule is O=C(C=C1CCCCC1)C1CC1c1ccccc1. The highest BCUT2D eigenvalue weighted by Crippen LogP contribution is 2.48. The number of hydrogen-bond acceptors (Lipinski definition) is 1. The lowest BCUT2D eigenvalue weighted by atomic mass is 9.93. The van der Waals surface area contributed by atoms with Crippen molar-refractivity contribution < 1.29 is 4.79 Å². The second kappa shape index (κ2) is 5.09. The van der Waals surface area contributed by atoms with Crippen LogP contribution >= 0.6 is 0 Å². The van der Waals surface area contributed by atoms with Crippen LogP contribution in [0.4, 0.5) is 0 Å². The standard InChI is InChI=1S/C17H20O/c18-17(11-13-7-3-1-4-8-13)16-12-15(16)14-9-5-2-6-10-14/h2,5-6,9-11,15-16H,1,3-4,7-8,12H2. The molecule has 2 aliphatic rings. The molecule has 1 aromatic rings. The lowest BCUT2D eigenvalue weighted by Gasteiger charge is -2.12. The van der Waals surface area contributed by atoms with Crippen LogP contribution in [0.3, 0.4) is 0 Å². The van der Waals surface area contributed by atoms with Crippen molar-refractivity contribution in [2.24, 2.45) is 5.92 Å². The monoisotopic (exact) mass is 240 g/mol. The number of ketones is 1. The van der Waals surface area contributed by atoms with Gasteiger partial charge in [-0.1, -0.05) is 42.3 Å². The van der Waals surface area contributed by atoms with Gasteiger partial charge in [0.05, 0.1) is 0 Å². The third-order valence-corrected chi connectivity index (χ3v) is 4.23. The van der Waals surface area contributed by atoms with Gasteiger partial charge in [0, 0.05) is 5.92 Å². The second-order valence-corrected chi connectivity index (χ2v) is 5.62. The van der Waals surface area contributed by atoms with Gasteiger partial charge in [-0.25, -0.2) is 0 Å². The molecule has 2 atom stereocenters. The van der Waals surface area contributed by atoms with Gasteiger partial charge in [0.1, 0.15) is 0 Å². The molecule has 0 saturated heterocycles. The van der Waals surface area contributed by atoms with Gasteiger partial charge in [-0.3, -0.25) is 4.79 Å². The fraction of sp³-hybridized carbons (Fsp3) is 0.471. The van der Waals surface area contributed by atoms with Crippen LogP contribution in [-0.4, -0.2) is 5.78 Å². The van der Waals surface area contributed by atoms with E-state index in [0.29, 0.717) is 11.7 Å². The molecule has 18 heavy (non-hydrogen) atoms. The maximum absolute atomic E-state index is 12.2. The minimum absolute atomic E-state index is 0.266. The molecule has 1 aromatic carbocycles. The second-order valence-electron chi connectivity index (χ2n) is 5.62. The molecule has 0 aliphatic heterocycles. The number of carbonyl (C=O) groups excluding carboxylic acids is 1. The lowest BCUT2D eigenvalue weighted by molar-refractivity contribution is -0.115. The van der Waals surface area contributed by atoms with Crippen LogP contribution < -0.4 is 0 Å². The highest BCUT2D eigenvalue weighted by Gasteiger charge is 2.42. The van der Waals surface area contributed by atoms with Crippen LogP contribution in [0, 0.1) is 5.92 Å². The van der Waals surface area contributed by atoms with Crippen molar-refractivity contribution in [3.05, 3.63) is 47.5 Å². The van der Waals surface area contributed by atoms with Gasteiger partial charge in [-0.05, 0) is 49.7 Å². The van der Waals surface area contributed by atoms with E-state index in [-0.39, 0.29) is 5.92 Å². The molecule has 1 heteroatoms. The Kier molecular flexibility index (Phi) is 3.31. The summed E-state index contributed by atoms with van der Waals surface area (Å²) in [5.41, 5.74) is 2.72. The first-order valence-corrected chi connectivity index (χ1v) is 7.13. The fourth-order valence-corrected chi connectivity index (χ4v) is 3.04. The Labute approximate surface area is 109 Å². The third-order valence-electron chi connectivity index (χ3n) is 4.23. The third kappa shape index (κ3) is 2.55. The molecule has 0 radical (unpaired) electrons. The number of allylic oxidation sites excluding steroid dienone is 2. The molecule has 1 nitrogen and oxygen atoms in total. The minimum atomic E-state index is 0.266. The Morgan fingerprint density at radius 1 is 1.06 bits per heavy atom. The highest BCUT2D eigenvalue weighted by molar-refractivity contribution is 5.95. The highest BCUT2D eigenvalue weighted by atomic mass is 16.1. The van der Waals surface area contributed by atoms with Gasteiger partial charge in [-0.15, -0.1) is 0 Å². The molecule has 0 spiro atoms. The molecule has 3 rings (SSSR count). The summed E-state index contributed by atoms with van der Waals surface area (Å²) in [4.78, 5) is 12.2. The largest absolute Gasteiger partial charge is 0.295 e. The van der Waals surface area contributed by atoms with Gasteiger partial charge in [-0.2, -0.15) is 0 Å². The topological polar surface area (TPSA) is 17.1 Å². The molecular formula is C17H20O. The van der Waals surface area contributed by atoms with E-state index >= 15 is 0 Å². The maximum atomic E-state index is 12.2. The van der Waals surface area contributed by atoms with Gasteiger partial charge in [0.25, 0.3) is 0 Å². The van der Waals surface area contributed by atoms with E-state index in [0.717, 1.165) is 19.3 Å². The van der Waals surface area contributed by atoms with Gasteiger partial charge in [0.2, 0.25) is 0 Å². The van der Waals surface area contributed by atoms with E-state index in [1.165, 1.54) is 30.4 Å². The average molecular weight is 240 g/mol. The summed E-state index contributed by atoms with van der Waals surface area (Å²) in [6.45, 7) is 0. The van der Waals surface area contributed by atoms with E-state index in [1.54, 1.807) is 0 Å². The molecule has 0 bridgehead atoms. The average Bonchev–Trinajstić information content (AvgIpc) is 3.21. The molecule has 2 saturated carbocycles. The predicted molar refractivity (Wildman–Crippen MR) is 73.5 cm³/mol. The first-order valence-electron chi connectivity index (χ1n) is 7.13. The predicted octanol–water partition coefficient (Wildman–Crippen LogP) is 4.25. The molecule has 0 amide bonds. The lowest BCUT2D eigenvalue weighted by Crippen LogP contribution is -2.02. The molecule has 94 valence electrons. The maximum Gasteiger partial charge on any atom is 0.159 e. The van der Waals surface area contributed by atoms with Gasteiger partial charge >= 0.3 is 0 Å². The quantitative estimate of drug-likeness (QED) is 0.722. The van der Waals surface area contributed by atoms with Crippen LogP contribution in [0.1, 0.15) is 50.0 Å². The Morgan fingerprint density at radius 3 is 2.50 bits per heavy atom. The molecule has 2 unspecified atom stereocenters. The fourth-order valence-electron chi connectivity index (χ4n) is 3.04. The molecule has 2 aliphatic carbocycles. The van der Waals surface area contributed by atoms with E-state index in [1.807, 2.05) is 12.1 Å². The summed E-state index contributed by atoms with van der Waals surface area (Å²) in [5, 5.41) is 0. The summed E-state index contributed by atoms with van der Waals surface area (Å²) in [7, 11) is 0. The Balaban J connectivity index is 1.62. The van der Waals surface area contributed by atoms with E-state index in [9.17, 15) is 4.79 Å². The van der Waals surface area contributed by atoms with Crippen LogP contribution in [0.2, 0.25) is 0 Å². The zero-order chi connectivity index (χ0) is 12.4. The molecule has 0 heterocycles. The van der Waals surface area contributed by atoms with Gasteiger partial charge in [0.15, 0.2) is 5.78 Å². The number of hydrogen-bond donors (Lipinski definition) is 0. The van der Waals surface area contributed by atoms with E-state index in [2.05, 4.69) is 24.3 Å². The molecular weight excluding hydrogens is 220 g/mol. The van der Waals surface area contributed by atoms with Crippen molar-refractivity contribution in [1.29, 1.82) is 0 Å². The summed E-state index contributed by atoms with van der Waals surface area (Å²) in [6, 6.07) is 10.5. The van der Waals surface area contributed by atoms with Crippen molar-refractivity contribution in [2.75, 3.05) is 0 Å². The van der Waals surface area contributed by atoms with Crippen LogP contribution in [0.5, 0.6) is 0 Å². The molecule has 2 fully saturated rings. The first kappa shape index (κ1) is 11.7. The minimum Gasteiger partial charge on any atom is -0.295 e. The van der Waals surface area contributed by atoms with Crippen molar-refractivity contribution in [1.82, 2.24) is 0 Å². The Morgan fingerprint density at radius 2 is 1.78 bits per heavy atom. The summed E-state index contributed by atoms with van der Waals surface area (Å²) in [6.07, 6.45) is 9.18. The van der Waals surface area contributed by atoms with E-state index < -0.39 is 0 Å². The van der Waals surface area contributed by atoms with Crippen molar-refractivity contribution in [2.45, 2.75) is 44.4 Å². The molecule has 0 aromatic heterocycles. The number of rotatable bonds is 3. The first-order chi connectivity index (χ1) is 8.84. The van der Waals surface area contributed by atoms with E-state index in [4.69, 9.17) is 0 Å². The number of carbonyl (C=O) groups is 1. The smallest absolute Gasteiger partial charge is 0.159 e. The van der Waals surface area contributed by atoms with Gasteiger partial charge < -0.3 is 0 Å². The normalized spacial score (nSPS) is 26.8. The number of benzene rings is 1. The van der Waals surface area contributed by atoms with Crippen LogP contribution in [0.15, 0.2) is 42.0 Å². The Hall–Kier alpha value is -1.37. The van der Waals surface area contributed by atoms with Crippen molar-refractivity contribution >= 4 is 5.78 Å². The van der Waals surface area contributed by atoms with Crippen LogP contribution in [0.25, 0.3) is 0 Å². The van der Waals surface area contributed by atoms with Crippen molar-refractivity contribution in [3.8, 4) is 0 Å². The summed E-state index contributed by atoms with van der Waals surface area (Å²) in [5.74, 6) is 1.13. The molecule has 0 N–H and O–H groups in total. The van der Waals surface area contributed by atoms with Crippen molar-refractivity contribution in [3.63, 3.8) is 0 Å². The van der Waals surface area contributed by atoms with Crippen LogP contribution in [-0.2, 0) is 4.79 Å².